The maximum absolute atomic E-state index is 12.4. The zero-order valence-corrected chi connectivity index (χ0v) is 13.8. The molecule has 0 aliphatic carbocycles. The van der Waals surface area contributed by atoms with Crippen LogP contribution in [-0.2, 0) is 16.4 Å². The van der Waals surface area contributed by atoms with Gasteiger partial charge in [-0.25, -0.2) is 13.4 Å². The summed E-state index contributed by atoms with van der Waals surface area (Å²) >= 11 is 0. The molecule has 3 aromatic rings. The van der Waals surface area contributed by atoms with E-state index in [-0.39, 0.29) is 12.3 Å². The molecule has 24 heavy (non-hydrogen) atoms. The van der Waals surface area contributed by atoms with Gasteiger partial charge < -0.3 is 9.67 Å². The van der Waals surface area contributed by atoms with Gasteiger partial charge in [-0.05, 0) is 17.7 Å². The lowest BCUT2D eigenvalue weighted by Crippen LogP contribution is -2.16. The molecular weight excluding hydrogens is 324 g/mol. The number of imidazole rings is 1. The number of hydrogen-bond acceptors (Lipinski definition) is 4. The zero-order chi connectivity index (χ0) is 17.0. The van der Waals surface area contributed by atoms with Crippen molar-refractivity contribution in [2.24, 2.45) is 0 Å². The molecule has 0 fully saturated rings. The second kappa shape index (κ2) is 6.98. The topological polar surface area (TPSA) is 72.2 Å². The highest BCUT2D eigenvalue weighted by atomic mass is 32.2. The number of aryl methyl sites for hydroxylation is 1. The summed E-state index contributed by atoms with van der Waals surface area (Å²) < 4.78 is 26.4. The van der Waals surface area contributed by atoms with Crippen LogP contribution in [-0.4, -0.2) is 28.8 Å². The number of hydrogen-bond donors (Lipinski definition) is 1. The van der Waals surface area contributed by atoms with E-state index in [1.807, 2.05) is 30.3 Å². The average Bonchev–Trinajstić information content (AvgIpc) is 3.09. The molecule has 1 aromatic heterocycles. The molecule has 0 bridgehead atoms. The third kappa shape index (κ3) is 3.55. The van der Waals surface area contributed by atoms with Crippen molar-refractivity contribution in [1.29, 1.82) is 0 Å². The Morgan fingerprint density at radius 1 is 1.00 bits per heavy atom. The minimum atomic E-state index is -3.37. The van der Waals surface area contributed by atoms with Crippen LogP contribution in [0, 0.1) is 0 Å². The highest BCUT2D eigenvalue weighted by Crippen LogP contribution is 2.20. The number of aliphatic hydroxyl groups is 1. The molecule has 0 amide bonds. The largest absolute Gasteiger partial charge is 0.380 e. The third-order valence-corrected chi connectivity index (χ3v) is 5.52. The Hall–Kier alpha value is -2.44. The summed E-state index contributed by atoms with van der Waals surface area (Å²) in [6.45, 7) is 0.233. The highest BCUT2D eigenvalue weighted by Gasteiger charge is 2.19. The highest BCUT2D eigenvalue weighted by molar-refractivity contribution is 7.91. The van der Waals surface area contributed by atoms with Crippen LogP contribution in [0.2, 0.25) is 0 Å². The second-order valence-electron chi connectivity index (χ2n) is 5.42. The van der Waals surface area contributed by atoms with Crippen LogP contribution in [0.3, 0.4) is 0 Å². The fourth-order valence-corrected chi connectivity index (χ4v) is 3.75. The maximum Gasteiger partial charge on any atom is 0.180 e. The number of aromatic nitrogens is 2. The van der Waals surface area contributed by atoms with Gasteiger partial charge in [0.1, 0.15) is 11.9 Å². The molecule has 0 radical (unpaired) electrons. The molecule has 6 heteroatoms. The zero-order valence-electron chi connectivity index (χ0n) is 13.0. The molecule has 1 heterocycles. The lowest BCUT2D eigenvalue weighted by molar-refractivity contribution is 0.205. The first kappa shape index (κ1) is 16.4. The van der Waals surface area contributed by atoms with Gasteiger partial charge in [-0.3, -0.25) is 0 Å². The van der Waals surface area contributed by atoms with Gasteiger partial charge in [0.2, 0.25) is 0 Å². The summed E-state index contributed by atoms with van der Waals surface area (Å²) in [6, 6.07) is 17.5. The van der Waals surface area contributed by atoms with E-state index in [1.165, 1.54) is 0 Å². The van der Waals surface area contributed by atoms with E-state index >= 15 is 0 Å². The SMILES string of the molecule is O=S(=O)(CCn1ccnc1[C@H](O)c1ccccc1)c1ccccc1. The Bertz CT molecular complexity index is 890. The van der Waals surface area contributed by atoms with Gasteiger partial charge in [0.25, 0.3) is 0 Å². The van der Waals surface area contributed by atoms with Gasteiger partial charge >= 0.3 is 0 Å². The van der Waals surface area contributed by atoms with Crippen molar-refractivity contribution in [1.82, 2.24) is 9.55 Å². The second-order valence-corrected chi connectivity index (χ2v) is 7.53. The quantitative estimate of drug-likeness (QED) is 0.747. The van der Waals surface area contributed by atoms with E-state index in [0.29, 0.717) is 10.7 Å². The van der Waals surface area contributed by atoms with Gasteiger partial charge in [-0.2, -0.15) is 0 Å². The van der Waals surface area contributed by atoms with E-state index in [1.54, 1.807) is 47.3 Å². The van der Waals surface area contributed by atoms with Crippen molar-refractivity contribution in [3.8, 4) is 0 Å². The summed E-state index contributed by atoms with van der Waals surface area (Å²) in [5.74, 6) is 0.381. The Morgan fingerprint density at radius 2 is 1.62 bits per heavy atom. The van der Waals surface area contributed by atoms with Gasteiger partial charge in [0, 0.05) is 18.9 Å². The molecule has 5 nitrogen and oxygen atoms in total. The molecule has 124 valence electrons. The Balaban J connectivity index is 1.77. The molecule has 0 aliphatic rings. The van der Waals surface area contributed by atoms with E-state index in [9.17, 15) is 13.5 Å². The van der Waals surface area contributed by atoms with Crippen LogP contribution in [0.25, 0.3) is 0 Å². The molecule has 0 spiro atoms. The minimum Gasteiger partial charge on any atom is -0.380 e. The molecule has 0 aliphatic heterocycles. The normalized spacial score (nSPS) is 12.9. The van der Waals surface area contributed by atoms with Crippen LogP contribution in [0.5, 0.6) is 0 Å². The van der Waals surface area contributed by atoms with Crippen molar-refractivity contribution in [3.05, 3.63) is 84.4 Å². The summed E-state index contributed by atoms with van der Waals surface area (Å²) in [6.07, 6.45) is 2.36. The van der Waals surface area contributed by atoms with Crippen molar-refractivity contribution >= 4 is 9.84 Å². The smallest absolute Gasteiger partial charge is 0.180 e. The molecule has 0 saturated heterocycles. The summed E-state index contributed by atoms with van der Waals surface area (Å²) in [5.41, 5.74) is 0.718. The Kier molecular flexibility index (Phi) is 4.78. The average molecular weight is 342 g/mol. The summed E-state index contributed by atoms with van der Waals surface area (Å²) in [5, 5.41) is 10.5. The van der Waals surface area contributed by atoms with Crippen LogP contribution in [0.15, 0.2) is 78.0 Å². The summed E-state index contributed by atoms with van der Waals surface area (Å²) in [4.78, 5) is 4.49. The van der Waals surface area contributed by atoms with E-state index < -0.39 is 15.9 Å². The lowest BCUT2D eigenvalue weighted by atomic mass is 10.1. The molecule has 0 unspecified atom stereocenters. The Morgan fingerprint density at radius 3 is 2.29 bits per heavy atom. The molecule has 1 N–H and O–H groups in total. The predicted octanol–water partition coefficient (Wildman–Crippen LogP) is 2.44. The predicted molar refractivity (Wildman–Crippen MR) is 91.2 cm³/mol. The van der Waals surface area contributed by atoms with Crippen molar-refractivity contribution in [3.63, 3.8) is 0 Å². The van der Waals surface area contributed by atoms with E-state index in [0.717, 1.165) is 5.56 Å². The first-order valence-electron chi connectivity index (χ1n) is 7.60. The number of sulfone groups is 1. The fourth-order valence-electron chi connectivity index (χ4n) is 2.51. The number of nitrogens with zero attached hydrogens (tertiary/aromatic N) is 2. The number of rotatable bonds is 6. The first-order chi connectivity index (χ1) is 11.6. The van der Waals surface area contributed by atoms with Crippen LogP contribution < -0.4 is 0 Å². The summed E-state index contributed by atoms with van der Waals surface area (Å²) in [7, 11) is -3.37. The van der Waals surface area contributed by atoms with Crippen molar-refractivity contribution < 1.29 is 13.5 Å². The number of benzene rings is 2. The molecular formula is C18H18N2O3S. The minimum absolute atomic E-state index is 0.0537. The fraction of sp³-hybridized carbons (Fsp3) is 0.167. The standard InChI is InChI=1S/C18H18N2O3S/c21-17(15-7-3-1-4-8-15)18-19-11-12-20(18)13-14-24(22,23)16-9-5-2-6-10-16/h1-12,17,21H,13-14H2/t17-/m1/s1. The van der Waals surface area contributed by atoms with Gasteiger partial charge in [-0.1, -0.05) is 48.5 Å². The Labute approximate surface area is 141 Å². The number of aliphatic hydroxyl groups excluding tert-OH is 1. The van der Waals surface area contributed by atoms with Crippen LogP contribution in [0.1, 0.15) is 17.5 Å². The van der Waals surface area contributed by atoms with E-state index in [2.05, 4.69) is 4.98 Å². The monoisotopic (exact) mass is 342 g/mol. The molecule has 2 aromatic carbocycles. The molecule has 1 atom stereocenters. The van der Waals surface area contributed by atoms with Crippen LogP contribution >= 0.6 is 0 Å². The van der Waals surface area contributed by atoms with Gasteiger partial charge in [0.15, 0.2) is 9.84 Å². The van der Waals surface area contributed by atoms with Gasteiger partial charge in [-0.15, -0.1) is 0 Å². The maximum atomic E-state index is 12.4. The van der Waals surface area contributed by atoms with Crippen molar-refractivity contribution in [2.75, 3.05) is 5.75 Å². The van der Waals surface area contributed by atoms with Crippen LogP contribution in [0.4, 0.5) is 0 Å². The van der Waals surface area contributed by atoms with E-state index in [4.69, 9.17) is 0 Å². The van der Waals surface area contributed by atoms with Crippen molar-refractivity contribution in [2.45, 2.75) is 17.5 Å². The molecule has 3 rings (SSSR count). The third-order valence-electron chi connectivity index (χ3n) is 3.81. The van der Waals surface area contributed by atoms with Gasteiger partial charge in [0.05, 0.1) is 10.6 Å². The molecule has 0 saturated carbocycles. The lowest BCUT2D eigenvalue weighted by Gasteiger charge is -2.14. The first-order valence-corrected chi connectivity index (χ1v) is 9.25.